The molecule has 0 aromatic carbocycles. The van der Waals surface area contributed by atoms with Crippen LogP contribution in [0.5, 0.6) is 0 Å². The number of hydrogen-bond donors (Lipinski definition) is 1. The van der Waals surface area contributed by atoms with Gasteiger partial charge in [-0.25, -0.2) is 0 Å². The van der Waals surface area contributed by atoms with Gasteiger partial charge in [0.15, 0.2) is 0 Å². The molecule has 1 saturated heterocycles. The van der Waals surface area contributed by atoms with Crippen molar-refractivity contribution in [3.05, 3.63) is 0 Å². The van der Waals surface area contributed by atoms with Gasteiger partial charge >= 0.3 is 6.18 Å². The van der Waals surface area contributed by atoms with Crippen molar-refractivity contribution >= 4 is 0 Å². The number of nitrogens with two attached hydrogens (primary N) is 1. The van der Waals surface area contributed by atoms with Gasteiger partial charge in [-0.3, -0.25) is 4.90 Å². The van der Waals surface area contributed by atoms with Crippen LogP contribution in [0.1, 0.15) is 26.2 Å². The summed E-state index contributed by atoms with van der Waals surface area (Å²) in [5.41, 5.74) is 5.64. The third-order valence-electron chi connectivity index (χ3n) is 3.66. The molecule has 0 amide bonds. The molecule has 0 bridgehead atoms. The van der Waals surface area contributed by atoms with Crippen LogP contribution in [-0.2, 0) is 4.74 Å². The fourth-order valence-electron chi connectivity index (χ4n) is 2.58. The minimum Gasteiger partial charge on any atom is -0.384 e. The molecule has 18 heavy (non-hydrogen) atoms. The van der Waals surface area contributed by atoms with Crippen molar-refractivity contribution in [1.29, 1.82) is 0 Å². The van der Waals surface area contributed by atoms with Gasteiger partial charge in [0.25, 0.3) is 0 Å². The molecule has 0 spiro atoms. The molecule has 108 valence electrons. The Hall–Kier alpha value is -0.330. The van der Waals surface area contributed by atoms with E-state index in [2.05, 4.69) is 0 Å². The van der Waals surface area contributed by atoms with Crippen molar-refractivity contribution in [2.24, 2.45) is 11.7 Å². The lowest BCUT2D eigenvalue weighted by atomic mass is 9.94. The summed E-state index contributed by atoms with van der Waals surface area (Å²) in [6.45, 7) is 3.23. The van der Waals surface area contributed by atoms with Gasteiger partial charge in [0.1, 0.15) is 6.04 Å². The molecule has 1 aliphatic heterocycles. The minimum atomic E-state index is -4.25. The summed E-state index contributed by atoms with van der Waals surface area (Å²) in [6, 6.07) is -2.35. The molecule has 2 N–H and O–H groups in total. The average molecular weight is 268 g/mol. The number of piperidine rings is 1. The Balaban J connectivity index is 2.61. The van der Waals surface area contributed by atoms with Crippen LogP contribution in [0.4, 0.5) is 13.2 Å². The predicted molar refractivity (Wildman–Crippen MR) is 64.3 cm³/mol. The molecular formula is C12H23F3N2O. The van der Waals surface area contributed by atoms with Crippen LogP contribution in [0.25, 0.3) is 0 Å². The molecule has 1 heterocycles. The van der Waals surface area contributed by atoms with Gasteiger partial charge in [-0.1, -0.05) is 6.92 Å². The predicted octanol–water partition coefficient (Wildman–Crippen LogP) is 2.01. The van der Waals surface area contributed by atoms with Crippen LogP contribution in [0.3, 0.4) is 0 Å². The maximum absolute atomic E-state index is 13.0. The lowest BCUT2D eigenvalue weighted by Crippen LogP contribution is -2.57. The van der Waals surface area contributed by atoms with E-state index in [-0.39, 0.29) is 0 Å². The number of hydrogen-bond acceptors (Lipinski definition) is 3. The summed E-state index contributed by atoms with van der Waals surface area (Å²) in [4.78, 5) is 1.49. The summed E-state index contributed by atoms with van der Waals surface area (Å²) in [5, 5.41) is 0. The second-order valence-electron chi connectivity index (χ2n) is 4.99. The number of alkyl halides is 3. The lowest BCUT2D eigenvalue weighted by Gasteiger charge is -2.40. The van der Waals surface area contributed by atoms with E-state index < -0.39 is 18.3 Å². The van der Waals surface area contributed by atoms with E-state index in [0.29, 0.717) is 32.0 Å². The van der Waals surface area contributed by atoms with Crippen LogP contribution in [0.2, 0.25) is 0 Å². The molecule has 0 aromatic rings. The number of rotatable bonds is 5. The Labute approximate surface area is 106 Å². The number of likely N-dealkylation sites (tertiary alicyclic amines) is 1. The Morgan fingerprint density at radius 3 is 2.28 bits per heavy atom. The summed E-state index contributed by atoms with van der Waals surface area (Å²) in [5.74, 6) is 0.373. The SMILES string of the molecule is CCC(N)C(N1CCC(COC)CC1)C(F)(F)F. The van der Waals surface area contributed by atoms with Gasteiger partial charge in [-0.15, -0.1) is 0 Å². The van der Waals surface area contributed by atoms with Crippen LogP contribution in [0, 0.1) is 5.92 Å². The molecule has 0 aromatic heterocycles. The van der Waals surface area contributed by atoms with Crippen molar-refractivity contribution in [2.75, 3.05) is 26.8 Å². The number of ether oxygens (including phenoxy) is 1. The zero-order valence-corrected chi connectivity index (χ0v) is 11.0. The van der Waals surface area contributed by atoms with E-state index in [1.807, 2.05) is 0 Å². The Kier molecular flexibility index (Phi) is 5.88. The molecule has 1 aliphatic rings. The fraction of sp³-hybridized carbons (Fsp3) is 1.00. The summed E-state index contributed by atoms with van der Waals surface area (Å²) in [7, 11) is 1.62. The highest BCUT2D eigenvalue weighted by Crippen LogP contribution is 2.31. The number of halogens is 3. The fourth-order valence-corrected chi connectivity index (χ4v) is 2.58. The monoisotopic (exact) mass is 268 g/mol. The molecular weight excluding hydrogens is 245 g/mol. The van der Waals surface area contributed by atoms with Crippen LogP contribution < -0.4 is 5.73 Å². The van der Waals surface area contributed by atoms with E-state index in [4.69, 9.17) is 10.5 Å². The summed E-state index contributed by atoms with van der Waals surface area (Å²) < 4.78 is 44.2. The van der Waals surface area contributed by atoms with E-state index in [1.165, 1.54) is 4.90 Å². The summed E-state index contributed by atoms with van der Waals surface area (Å²) >= 11 is 0. The first-order valence-electron chi connectivity index (χ1n) is 6.45. The maximum Gasteiger partial charge on any atom is 0.405 e. The molecule has 6 heteroatoms. The third-order valence-corrected chi connectivity index (χ3v) is 3.66. The van der Waals surface area contributed by atoms with Gasteiger partial charge in [0.05, 0.1) is 0 Å². The second-order valence-corrected chi connectivity index (χ2v) is 4.99. The van der Waals surface area contributed by atoms with Crippen molar-refractivity contribution < 1.29 is 17.9 Å². The van der Waals surface area contributed by atoms with E-state index in [1.54, 1.807) is 14.0 Å². The van der Waals surface area contributed by atoms with Crippen LogP contribution in [0.15, 0.2) is 0 Å². The largest absolute Gasteiger partial charge is 0.405 e. The van der Waals surface area contributed by atoms with E-state index >= 15 is 0 Å². The Morgan fingerprint density at radius 1 is 1.33 bits per heavy atom. The number of methoxy groups -OCH3 is 1. The van der Waals surface area contributed by atoms with Crippen LogP contribution in [-0.4, -0.2) is 50.0 Å². The van der Waals surface area contributed by atoms with Crippen molar-refractivity contribution in [1.82, 2.24) is 4.90 Å². The van der Waals surface area contributed by atoms with Crippen molar-refractivity contribution in [3.63, 3.8) is 0 Å². The standard InChI is InChI=1S/C12H23F3N2O/c1-3-10(16)11(12(13,14)15)17-6-4-9(5-7-17)8-18-2/h9-11H,3-8,16H2,1-2H3. The molecule has 2 atom stereocenters. The van der Waals surface area contributed by atoms with Crippen molar-refractivity contribution in [3.8, 4) is 0 Å². The highest BCUT2D eigenvalue weighted by atomic mass is 19.4. The summed E-state index contributed by atoms with van der Waals surface area (Å²) in [6.07, 6.45) is -2.42. The van der Waals surface area contributed by atoms with Crippen LogP contribution >= 0.6 is 0 Å². The minimum absolute atomic E-state index is 0.335. The average Bonchev–Trinajstić information content (AvgIpc) is 2.30. The molecule has 0 aliphatic carbocycles. The molecule has 3 nitrogen and oxygen atoms in total. The lowest BCUT2D eigenvalue weighted by molar-refractivity contribution is -0.193. The first-order chi connectivity index (χ1) is 8.40. The molecule has 0 saturated carbocycles. The normalized spacial score (nSPS) is 23.0. The molecule has 2 unspecified atom stereocenters. The zero-order chi connectivity index (χ0) is 13.8. The van der Waals surface area contributed by atoms with Gasteiger partial charge in [0, 0.05) is 19.8 Å². The third kappa shape index (κ3) is 4.10. The maximum atomic E-state index is 13.0. The quantitative estimate of drug-likeness (QED) is 0.829. The molecule has 1 rings (SSSR count). The zero-order valence-electron chi connectivity index (χ0n) is 11.0. The Bertz CT molecular complexity index is 240. The van der Waals surface area contributed by atoms with Gasteiger partial charge < -0.3 is 10.5 Å². The molecule has 1 fully saturated rings. The smallest absolute Gasteiger partial charge is 0.384 e. The van der Waals surface area contributed by atoms with E-state index in [0.717, 1.165) is 12.8 Å². The topological polar surface area (TPSA) is 38.5 Å². The number of nitrogens with zero attached hydrogens (tertiary/aromatic N) is 1. The van der Waals surface area contributed by atoms with Gasteiger partial charge in [-0.2, -0.15) is 13.2 Å². The highest BCUT2D eigenvalue weighted by molar-refractivity contribution is 4.89. The molecule has 0 radical (unpaired) electrons. The Morgan fingerprint density at radius 2 is 1.89 bits per heavy atom. The second kappa shape index (κ2) is 6.73. The highest BCUT2D eigenvalue weighted by Gasteiger charge is 2.47. The van der Waals surface area contributed by atoms with E-state index in [9.17, 15) is 13.2 Å². The first kappa shape index (κ1) is 15.7. The van der Waals surface area contributed by atoms with Crippen molar-refractivity contribution in [2.45, 2.75) is 44.4 Å². The van der Waals surface area contributed by atoms with Gasteiger partial charge in [-0.05, 0) is 38.3 Å². The first-order valence-corrected chi connectivity index (χ1v) is 6.45. The van der Waals surface area contributed by atoms with Gasteiger partial charge in [0.2, 0.25) is 0 Å².